The molecule has 0 spiro atoms. The monoisotopic (exact) mass is 347 g/mol. The minimum atomic E-state index is -0.833. The van der Waals surface area contributed by atoms with E-state index in [9.17, 15) is 5.21 Å². The zero-order valence-corrected chi connectivity index (χ0v) is 15.5. The first-order chi connectivity index (χ1) is 11.8. The van der Waals surface area contributed by atoms with Crippen LogP contribution >= 0.6 is 0 Å². The first-order valence-corrected chi connectivity index (χ1v) is 9.23. The summed E-state index contributed by atoms with van der Waals surface area (Å²) in [5, 5.41) is 20.4. The number of likely N-dealkylation sites (tertiary alicyclic amines) is 1. The maximum Gasteiger partial charge on any atom is 0.300 e. The molecule has 25 heavy (non-hydrogen) atoms. The van der Waals surface area contributed by atoms with Gasteiger partial charge in [0, 0.05) is 31.1 Å². The highest BCUT2D eigenvalue weighted by Gasteiger charge is 2.57. The summed E-state index contributed by atoms with van der Waals surface area (Å²) >= 11 is 0. The molecule has 1 N–H and O–H groups in total. The zero-order valence-electron chi connectivity index (χ0n) is 15.5. The molecule has 2 bridgehead atoms. The molecule has 2 aliphatic carbocycles. The molecule has 4 rings (SSSR count). The van der Waals surface area contributed by atoms with E-state index in [1.807, 2.05) is 7.05 Å². The molecular weight excluding hydrogens is 318 g/mol. The number of carbonyl (C=O) groups is 1. The van der Waals surface area contributed by atoms with E-state index in [0.29, 0.717) is 5.92 Å². The van der Waals surface area contributed by atoms with E-state index in [-0.39, 0.29) is 16.1 Å². The van der Waals surface area contributed by atoms with Crippen LogP contribution in [0.25, 0.3) is 0 Å². The number of quaternary nitrogens is 1. The molecule has 5 heteroatoms. The number of benzene rings is 1. The van der Waals surface area contributed by atoms with Crippen molar-refractivity contribution in [1.82, 2.24) is 0 Å². The number of ether oxygens (including phenoxy) is 1. The van der Waals surface area contributed by atoms with E-state index in [4.69, 9.17) is 14.6 Å². The van der Waals surface area contributed by atoms with Gasteiger partial charge < -0.3 is 19.7 Å². The topological polar surface area (TPSA) is 69.6 Å². The van der Waals surface area contributed by atoms with E-state index in [0.717, 1.165) is 32.1 Å². The number of fused-ring (bicyclic) bond motifs is 1. The van der Waals surface area contributed by atoms with E-state index in [2.05, 4.69) is 18.2 Å². The van der Waals surface area contributed by atoms with Crippen LogP contribution < -0.4 is 4.74 Å². The van der Waals surface area contributed by atoms with Crippen LogP contribution in [0.5, 0.6) is 5.75 Å². The summed E-state index contributed by atoms with van der Waals surface area (Å²) in [6.07, 6.45) is 7.09. The third-order valence-electron chi connectivity index (χ3n) is 6.55. The number of likely N-dealkylation sites (N-methyl/N-ethyl adjacent to an activating group) is 1. The lowest BCUT2D eigenvalue weighted by atomic mass is 9.52. The fraction of sp³-hybridized carbons (Fsp3) is 0.650. The van der Waals surface area contributed by atoms with Crippen molar-refractivity contribution in [2.75, 3.05) is 20.7 Å². The number of rotatable bonds is 1. The lowest BCUT2D eigenvalue weighted by molar-refractivity contribution is -0.899. The highest BCUT2D eigenvalue weighted by molar-refractivity contribution is 5.62. The average Bonchev–Trinajstić information content (AvgIpc) is 2.57. The van der Waals surface area contributed by atoms with Crippen molar-refractivity contribution >= 4 is 5.97 Å². The highest BCUT2D eigenvalue weighted by atomic mass is 16.5. The van der Waals surface area contributed by atoms with Crippen molar-refractivity contribution in [2.45, 2.75) is 56.9 Å². The molecule has 5 nitrogen and oxygen atoms in total. The third kappa shape index (κ3) is 3.15. The van der Waals surface area contributed by atoms with Crippen molar-refractivity contribution in [3.8, 4) is 5.75 Å². The highest BCUT2D eigenvalue weighted by Crippen LogP contribution is 2.57. The minimum absolute atomic E-state index is 0.0299. The fourth-order valence-corrected chi connectivity index (χ4v) is 5.46. The Labute approximate surface area is 149 Å². The van der Waals surface area contributed by atoms with Crippen molar-refractivity contribution in [1.29, 1.82) is 0 Å². The molecule has 1 aliphatic heterocycles. The van der Waals surface area contributed by atoms with Crippen LogP contribution in [0.1, 0.15) is 50.2 Å². The Morgan fingerprint density at radius 3 is 2.76 bits per heavy atom. The van der Waals surface area contributed by atoms with Gasteiger partial charge in [-0.1, -0.05) is 18.9 Å². The van der Waals surface area contributed by atoms with Crippen LogP contribution in [0, 0.1) is 11.1 Å². The summed E-state index contributed by atoms with van der Waals surface area (Å²) in [4.78, 5) is 9.00. The van der Waals surface area contributed by atoms with Gasteiger partial charge in [-0.15, -0.1) is 0 Å². The number of aliphatic carboxylic acids is 1. The van der Waals surface area contributed by atoms with Crippen molar-refractivity contribution in [3.05, 3.63) is 34.5 Å². The molecule has 0 aromatic heterocycles. The van der Waals surface area contributed by atoms with E-state index in [1.54, 1.807) is 7.11 Å². The molecule has 2 fully saturated rings. The van der Waals surface area contributed by atoms with Crippen LogP contribution in [0.15, 0.2) is 18.2 Å². The van der Waals surface area contributed by atoms with Gasteiger partial charge in [-0.05, 0) is 36.1 Å². The Balaban J connectivity index is 0.000000415. The number of piperidine rings is 1. The van der Waals surface area contributed by atoms with Gasteiger partial charge in [0.05, 0.1) is 26.7 Å². The Hall–Kier alpha value is -1.59. The van der Waals surface area contributed by atoms with Crippen molar-refractivity contribution < 1.29 is 19.3 Å². The molecule has 1 saturated carbocycles. The van der Waals surface area contributed by atoms with Gasteiger partial charge in [0.2, 0.25) is 0 Å². The summed E-state index contributed by atoms with van der Waals surface area (Å²) in [6.45, 7) is 1.86. The summed E-state index contributed by atoms with van der Waals surface area (Å²) in [5.41, 5.74) is 3.16. The van der Waals surface area contributed by atoms with Gasteiger partial charge in [-0.3, -0.25) is 4.79 Å². The Morgan fingerprint density at radius 1 is 1.36 bits per heavy atom. The third-order valence-corrected chi connectivity index (χ3v) is 6.55. The molecule has 4 atom stereocenters. The van der Waals surface area contributed by atoms with Crippen LogP contribution in [-0.4, -0.2) is 42.5 Å². The first-order valence-electron chi connectivity index (χ1n) is 9.23. The second-order valence-corrected chi connectivity index (χ2v) is 7.97. The lowest BCUT2D eigenvalue weighted by Crippen LogP contribution is -2.66. The molecule has 138 valence electrons. The number of carboxylic acids is 1. The van der Waals surface area contributed by atoms with Gasteiger partial charge >= 0.3 is 0 Å². The number of methoxy groups -OCH3 is 1. The fourth-order valence-electron chi connectivity index (χ4n) is 5.46. The van der Waals surface area contributed by atoms with Crippen LogP contribution in [0.2, 0.25) is 0 Å². The zero-order chi connectivity index (χ0) is 18.2. The van der Waals surface area contributed by atoms with Crippen LogP contribution in [0.3, 0.4) is 0 Å². The Bertz CT molecular complexity index is 653. The molecule has 1 heterocycles. The van der Waals surface area contributed by atoms with Gasteiger partial charge in [0.25, 0.3) is 5.97 Å². The predicted octanol–water partition coefficient (Wildman–Crippen LogP) is 3.49. The predicted molar refractivity (Wildman–Crippen MR) is 96.5 cm³/mol. The number of carboxylic acid groups (broad SMARTS) is 1. The number of hydroxylamine groups is 3. The van der Waals surface area contributed by atoms with Crippen LogP contribution in [0.4, 0.5) is 0 Å². The number of hydrogen-bond acceptors (Lipinski definition) is 3. The lowest BCUT2D eigenvalue weighted by Gasteiger charge is -2.63. The molecule has 0 unspecified atom stereocenters. The normalized spacial score (nSPS) is 35.5. The van der Waals surface area contributed by atoms with Gasteiger partial charge in [0.15, 0.2) is 0 Å². The second kappa shape index (κ2) is 6.61. The van der Waals surface area contributed by atoms with E-state index in [1.165, 1.54) is 36.8 Å². The largest absolute Gasteiger partial charge is 0.633 e. The minimum Gasteiger partial charge on any atom is -0.633 e. The van der Waals surface area contributed by atoms with Crippen LogP contribution in [-0.2, 0) is 16.6 Å². The van der Waals surface area contributed by atoms with Gasteiger partial charge in [-0.2, -0.15) is 0 Å². The standard InChI is InChI=1S/C18H25NO2.C2H4O2/c1-19(20)10-9-18-8-4-3-5-15(18)17(19)11-13-6-7-14(21-2)12-16(13)18;1-2(3)4/h6-7,12,15,17H,3-5,8-11H2,1-2H3;1H3,(H,3,4)/t15-,17+,18+,19+;/m1./s1. The molecule has 1 aromatic carbocycles. The number of nitrogens with zero attached hydrogens (tertiary/aromatic N) is 1. The quantitative estimate of drug-likeness (QED) is 0.624. The molecule has 1 aromatic rings. The number of hydrogen-bond donors (Lipinski definition) is 1. The average molecular weight is 347 g/mol. The summed E-state index contributed by atoms with van der Waals surface area (Å²) in [7, 11) is 3.65. The van der Waals surface area contributed by atoms with E-state index >= 15 is 0 Å². The maximum atomic E-state index is 13.0. The molecule has 0 radical (unpaired) electrons. The second-order valence-electron chi connectivity index (χ2n) is 7.97. The molecular formula is C20H29NO4. The van der Waals surface area contributed by atoms with Crippen molar-refractivity contribution in [3.63, 3.8) is 0 Å². The molecule has 3 aliphatic rings. The Morgan fingerprint density at radius 2 is 2.08 bits per heavy atom. The van der Waals surface area contributed by atoms with E-state index < -0.39 is 5.97 Å². The summed E-state index contributed by atoms with van der Waals surface area (Å²) < 4.78 is 5.44. The Kier molecular flexibility index (Phi) is 4.82. The smallest absolute Gasteiger partial charge is 0.300 e. The summed E-state index contributed by atoms with van der Waals surface area (Å²) in [6, 6.07) is 6.80. The molecule has 0 amide bonds. The maximum absolute atomic E-state index is 13.0. The summed E-state index contributed by atoms with van der Waals surface area (Å²) in [5.74, 6) is 0.706. The van der Waals surface area contributed by atoms with Gasteiger partial charge in [-0.25, -0.2) is 0 Å². The SMILES string of the molecule is CC(=O)O.COc1ccc2c(c1)[C@]13CCCC[C@@H]1[C@H](C2)[N@@+](C)([O-])CC3. The first kappa shape index (κ1) is 18.2. The van der Waals surface area contributed by atoms with Crippen molar-refractivity contribution in [2.24, 2.45) is 5.92 Å². The molecule has 1 saturated heterocycles. The van der Waals surface area contributed by atoms with Gasteiger partial charge in [0.1, 0.15) is 5.75 Å².